The van der Waals surface area contributed by atoms with Crippen LogP contribution in [0.2, 0.25) is 10.0 Å². The van der Waals surface area contributed by atoms with E-state index in [4.69, 9.17) is 28.3 Å². The van der Waals surface area contributed by atoms with Gasteiger partial charge < -0.3 is 10.2 Å². The predicted octanol–water partition coefficient (Wildman–Crippen LogP) is 4.49. The molecule has 0 unspecified atom stereocenters. The van der Waals surface area contributed by atoms with Crippen molar-refractivity contribution in [1.82, 2.24) is 0 Å². The fourth-order valence-electron chi connectivity index (χ4n) is 2.64. The monoisotopic (exact) mass is 378 g/mol. The highest BCUT2D eigenvalue weighted by Gasteiger charge is 2.24. The Bertz CT molecular complexity index is 767. The lowest BCUT2D eigenvalue weighted by Gasteiger charge is -2.19. The molecule has 2 rings (SSSR count). The molecule has 0 atom stereocenters. The van der Waals surface area contributed by atoms with Gasteiger partial charge in [0.15, 0.2) is 0 Å². The van der Waals surface area contributed by atoms with Crippen molar-refractivity contribution in [2.45, 2.75) is 12.8 Å². The van der Waals surface area contributed by atoms with Crippen LogP contribution in [-0.2, 0) is 22.4 Å². The summed E-state index contributed by atoms with van der Waals surface area (Å²) in [6.07, 6.45) is 1.31. The van der Waals surface area contributed by atoms with Gasteiger partial charge in [-0.1, -0.05) is 59.6 Å². The number of halogens is 2. The Morgan fingerprint density at radius 1 is 0.880 bits per heavy atom. The lowest BCUT2D eigenvalue weighted by atomic mass is 9.86. The van der Waals surface area contributed by atoms with E-state index in [0.717, 1.165) is 17.2 Å². The van der Waals surface area contributed by atoms with Crippen molar-refractivity contribution in [3.8, 4) is 0 Å². The quantitative estimate of drug-likeness (QED) is 0.695. The van der Waals surface area contributed by atoms with Crippen molar-refractivity contribution in [2.75, 3.05) is 0 Å². The number of carboxylic acid groups (broad SMARTS) is 2. The van der Waals surface area contributed by atoms with E-state index in [9.17, 15) is 14.7 Å². The SMILES string of the molecule is O=C(O)C=C(C(=O)O)C(Cc1ccccc1Cl)Cc1ccccc1Cl. The van der Waals surface area contributed by atoms with Crippen LogP contribution in [0.5, 0.6) is 0 Å². The molecular weight excluding hydrogens is 363 g/mol. The summed E-state index contributed by atoms with van der Waals surface area (Å²) in [5.74, 6) is -3.17. The van der Waals surface area contributed by atoms with E-state index in [-0.39, 0.29) is 18.4 Å². The summed E-state index contributed by atoms with van der Waals surface area (Å²) in [6.45, 7) is 0. The van der Waals surface area contributed by atoms with Crippen LogP contribution in [0.25, 0.3) is 0 Å². The van der Waals surface area contributed by atoms with E-state index >= 15 is 0 Å². The molecule has 6 heteroatoms. The summed E-state index contributed by atoms with van der Waals surface area (Å²) in [7, 11) is 0. The number of carbonyl (C=O) groups is 2. The average molecular weight is 379 g/mol. The number of benzene rings is 2. The largest absolute Gasteiger partial charge is 0.478 e. The maximum Gasteiger partial charge on any atom is 0.332 e. The number of rotatable bonds is 7. The highest BCUT2D eigenvalue weighted by Crippen LogP contribution is 2.28. The van der Waals surface area contributed by atoms with E-state index in [1.165, 1.54) is 0 Å². The lowest BCUT2D eigenvalue weighted by Crippen LogP contribution is -2.19. The van der Waals surface area contributed by atoms with E-state index in [2.05, 4.69) is 0 Å². The highest BCUT2D eigenvalue weighted by molar-refractivity contribution is 6.31. The first-order chi connectivity index (χ1) is 11.9. The van der Waals surface area contributed by atoms with Crippen molar-refractivity contribution in [2.24, 2.45) is 5.92 Å². The van der Waals surface area contributed by atoms with E-state index in [1.807, 2.05) is 0 Å². The minimum absolute atomic E-state index is 0.188. The third-order valence-electron chi connectivity index (χ3n) is 3.81. The maximum absolute atomic E-state index is 11.6. The van der Waals surface area contributed by atoms with Gasteiger partial charge in [-0.25, -0.2) is 9.59 Å². The zero-order valence-corrected chi connectivity index (χ0v) is 14.7. The summed E-state index contributed by atoms with van der Waals surface area (Å²) in [5.41, 5.74) is 1.31. The van der Waals surface area contributed by atoms with Gasteiger partial charge in [-0.15, -0.1) is 0 Å². The van der Waals surface area contributed by atoms with Crippen LogP contribution in [-0.4, -0.2) is 22.2 Å². The fourth-order valence-corrected chi connectivity index (χ4v) is 3.06. The normalized spacial score (nSPS) is 11.6. The molecule has 2 aromatic carbocycles. The molecule has 0 amide bonds. The van der Waals surface area contributed by atoms with E-state index in [0.29, 0.717) is 10.0 Å². The molecule has 0 aromatic heterocycles. The second-order valence-electron chi connectivity index (χ2n) is 5.53. The Balaban J connectivity index is 2.43. The maximum atomic E-state index is 11.6. The second-order valence-corrected chi connectivity index (χ2v) is 6.35. The Hall–Kier alpha value is -2.30. The smallest absolute Gasteiger partial charge is 0.332 e. The lowest BCUT2D eigenvalue weighted by molar-refractivity contribution is -0.135. The van der Waals surface area contributed by atoms with Crippen molar-refractivity contribution in [1.29, 1.82) is 0 Å². The van der Waals surface area contributed by atoms with Gasteiger partial charge in [0.25, 0.3) is 0 Å². The summed E-state index contributed by atoms with van der Waals surface area (Å²) in [5, 5.41) is 19.5. The Morgan fingerprint density at radius 2 is 1.32 bits per heavy atom. The van der Waals surface area contributed by atoms with E-state index in [1.54, 1.807) is 48.5 Å². The first kappa shape index (κ1) is 19.0. The minimum Gasteiger partial charge on any atom is -0.478 e. The van der Waals surface area contributed by atoms with Gasteiger partial charge in [0.1, 0.15) is 0 Å². The molecule has 0 radical (unpaired) electrons. The van der Waals surface area contributed by atoms with Gasteiger partial charge >= 0.3 is 11.9 Å². The summed E-state index contributed by atoms with van der Waals surface area (Å²) in [6, 6.07) is 14.2. The molecule has 0 aliphatic carbocycles. The molecule has 0 saturated heterocycles. The molecular formula is C19H16Cl2O4. The number of hydrogen-bond acceptors (Lipinski definition) is 2. The van der Waals surface area contributed by atoms with Gasteiger partial charge in [0, 0.05) is 21.7 Å². The van der Waals surface area contributed by atoms with Gasteiger partial charge in [0.2, 0.25) is 0 Å². The van der Waals surface area contributed by atoms with Crippen LogP contribution in [0.3, 0.4) is 0 Å². The van der Waals surface area contributed by atoms with Crippen LogP contribution in [0.15, 0.2) is 60.2 Å². The number of aliphatic carboxylic acids is 2. The van der Waals surface area contributed by atoms with Crippen LogP contribution in [0.1, 0.15) is 11.1 Å². The summed E-state index contributed by atoms with van der Waals surface area (Å²) >= 11 is 12.4. The molecule has 4 nitrogen and oxygen atoms in total. The third-order valence-corrected chi connectivity index (χ3v) is 4.55. The van der Waals surface area contributed by atoms with Gasteiger partial charge in [-0.3, -0.25) is 0 Å². The molecule has 130 valence electrons. The molecule has 0 aliphatic rings. The third kappa shape index (κ3) is 5.34. The van der Waals surface area contributed by atoms with Gasteiger partial charge in [-0.05, 0) is 42.0 Å². The van der Waals surface area contributed by atoms with Crippen molar-refractivity contribution in [3.63, 3.8) is 0 Å². The number of hydrogen-bond donors (Lipinski definition) is 2. The standard InChI is InChI=1S/C19H16Cl2O4/c20-16-7-3-1-5-12(16)9-14(15(19(24)25)11-18(22)23)10-13-6-2-4-8-17(13)21/h1-8,11,14H,9-10H2,(H,22,23)(H,24,25). The van der Waals surface area contributed by atoms with Crippen LogP contribution >= 0.6 is 23.2 Å². The zero-order chi connectivity index (χ0) is 18.4. The predicted molar refractivity (Wildman–Crippen MR) is 97.2 cm³/mol. The highest BCUT2D eigenvalue weighted by atomic mass is 35.5. The summed E-state index contributed by atoms with van der Waals surface area (Å²) in [4.78, 5) is 22.7. The first-order valence-electron chi connectivity index (χ1n) is 7.53. The molecule has 0 bridgehead atoms. The van der Waals surface area contributed by atoms with E-state index < -0.39 is 17.9 Å². The van der Waals surface area contributed by atoms with Crippen molar-refractivity contribution >= 4 is 35.1 Å². The van der Waals surface area contributed by atoms with Crippen LogP contribution in [0.4, 0.5) is 0 Å². The molecule has 0 heterocycles. The zero-order valence-electron chi connectivity index (χ0n) is 13.2. The van der Waals surface area contributed by atoms with Crippen molar-refractivity contribution in [3.05, 3.63) is 81.4 Å². The molecule has 2 N–H and O–H groups in total. The Morgan fingerprint density at radius 3 is 1.68 bits per heavy atom. The van der Waals surface area contributed by atoms with Crippen LogP contribution < -0.4 is 0 Å². The average Bonchev–Trinajstić information content (AvgIpc) is 2.55. The van der Waals surface area contributed by atoms with Gasteiger partial charge in [-0.2, -0.15) is 0 Å². The van der Waals surface area contributed by atoms with Crippen molar-refractivity contribution < 1.29 is 19.8 Å². The molecule has 0 aliphatic heterocycles. The molecule has 0 fully saturated rings. The Kier molecular flexibility index (Phi) is 6.62. The minimum atomic E-state index is -1.30. The summed E-state index contributed by atoms with van der Waals surface area (Å²) < 4.78 is 0. The second kappa shape index (κ2) is 8.70. The first-order valence-corrected chi connectivity index (χ1v) is 8.28. The van der Waals surface area contributed by atoms with Gasteiger partial charge in [0.05, 0.1) is 0 Å². The molecule has 0 spiro atoms. The molecule has 2 aromatic rings. The Labute approximate surface area is 155 Å². The molecule has 25 heavy (non-hydrogen) atoms. The topological polar surface area (TPSA) is 74.6 Å². The molecule has 0 saturated carbocycles. The van der Waals surface area contributed by atoms with Crippen LogP contribution in [0, 0.1) is 5.92 Å². The fraction of sp³-hybridized carbons (Fsp3) is 0.158. The number of carboxylic acids is 2.